The van der Waals surface area contributed by atoms with Crippen molar-refractivity contribution in [2.75, 3.05) is 13.7 Å². The van der Waals surface area contributed by atoms with Crippen molar-refractivity contribution in [1.29, 1.82) is 0 Å². The molecular formula is C13H27NO. The highest BCUT2D eigenvalue weighted by molar-refractivity contribution is 4.88. The Morgan fingerprint density at radius 3 is 2.33 bits per heavy atom. The van der Waals surface area contributed by atoms with E-state index >= 15 is 0 Å². The van der Waals surface area contributed by atoms with Crippen molar-refractivity contribution in [2.24, 2.45) is 11.3 Å². The molecule has 0 aromatic carbocycles. The minimum Gasteiger partial charge on any atom is -0.382 e. The van der Waals surface area contributed by atoms with Crippen LogP contribution < -0.4 is 5.32 Å². The summed E-state index contributed by atoms with van der Waals surface area (Å²) in [6.45, 7) is 10.3. The summed E-state index contributed by atoms with van der Waals surface area (Å²) in [6.07, 6.45) is 4.24. The molecule has 1 aliphatic carbocycles. The zero-order valence-electron chi connectivity index (χ0n) is 11.0. The molecule has 1 saturated carbocycles. The molecule has 0 spiro atoms. The predicted octanol–water partition coefficient (Wildman–Crippen LogP) is 2.83. The summed E-state index contributed by atoms with van der Waals surface area (Å²) in [4.78, 5) is 0. The summed E-state index contributed by atoms with van der Waals surface area (Å²) in [5.74, 6) is 0.696. The maximum Gasteiger partial charge on any atom is 0.0549 e. The van der Waals surface area contributed by atoms with Crippen LogP contribution in [-0.4, -0.2) is 25.8 Å². The van der Waals surface area contributed by atoms with Gasteiger partial charge in [-0.15, -0.1) is 0 Å². The monoisotopic (exact) mass is 213 g/mol. The molecule has 0 amide bonds. The average Bonchev–Trinajstić information content (AvgIpc) is 2.97. The third kappa shape index (κ3) is 4.12. The lowest BCUT2D eigenvalue weighted by Crippen LogP contribution is -2.39. The van der Waals surface area contributed by atoms with Crippen molar-refractivity contribution in [3.05, 3.63) is 0 Å². The molecule has 2 atom stereocenters. The van der Waals surface area contributed by atoms with E-state index in [0.717, 1.165) is 19.0 Å². The van der Waals surface area contributed by atoms with Gasteiger partial charge in [0.25, 0.3) is 0 Å². The molecule has 1 aliphatic rings. The summed E-state index contributed by atoms with van der Waals surface area (Å²) in [6, 6.07) is 0.806. The molecule has 0 saturated heterocycles. The predicted molar refractivity (Wildman–Crippen MR) is 65.1 cm³/mol. The first-order chi connectivity index (χ1) is 6.98. The molecule has 2 nitrogen and oxygen atoms in total. The molecular weight excluding hydrogens is 186 g/mol. The standard InChI is InChI=1S/C13H27NO/c1-10(2)13(4,8-11(3)15-5)9-14-12-6-7-12/h10-12,14H,6-9H2,1-5H3. The third-order valence-corrected chi connectivity index (χ3v) is 3.92. The largest absolute Gasteiger partial charge is 0.382 e. The highest BCUT2D eigenvalue weighted by atomic mass is 16.5. The molecule has 1 rings (SSSR count). The van der Waals surface area contributed by atoms with Gasteiger partial charge in [0, 0.05) is 19.7 Å². The Hall–Kier alpha value is -0.0800. The normalized spacial score (nSPS) is 22.8. The van der Waals surface area contributed by atoms with Crippen molar-refractivity contribution in [2.45, 2.75) is 59.1 Å². The summed E-state index contributed by atoms with van der Waals surface area (Å²) >= 11 is 0. The first kappa shape index (κ1) is 13.0. The van der Waals surface area contributed by atoms with Crippen LogP contribution in [-0.2, 0) is 4.74 Å². The quantitative estimate of drug-likeness (QED) is 0.702. The second kappa shape index (κ2) is 5.31. The fourth-order valence-electron chi connectivity index (χ4n) is 1.92. The number of ether oxygens (including phenoxy) is 1. The first-order valence-corrected chi connectivity index (χ1v) is 6.24. The fraction of sp³-hybridized carbons (Fsp3) is 1.00. The lowest BCUT2D eigenvalue weighted by Gasteiger charge is -2.36. The zero-order chi connectivity index (χ0) is 11.5. The van der Waals surface area contributed by atoms with Crippen LogP contribution in [0, 0.1) is 11.3 Å². The van der Waals surface area contributed by atoms with Crippen molar-refractivity contribution < 1.29 is 4.74 Å². The van der Waals surface area contributed by atoms with Gasteiger partial charge in [0.15, 0.2) is 0 Å². The second-order valence-corrected chi connectivity index (χ2v) is 5.71. The van der Waals surface area contributed by atoms with Crippen molar-refractivity contribution in [3.63, 3.8) is 0 Å². The van der Waals surface area contributed by atoms with Gasteiger partial charge in [0.1, 0.15) is 0 Å². The van der Waals surface area contributed by atoms with E-state index in [0.29, 0.717) is 17.4 Å². The van der Waals surface area contributed by atoms with Gasteiger partial charge in [0.05, 0.1) is 6.10 Å². The molecule has 0 radical (unpaired) electrons. The number of hydrogen-bond acceptors (Lipinski definition) is 2. The molecule has 15 heavy (non-hydrogen) atoms. The number of methoxy groups -OCH3 is 1. The average molecular weight is 213 g/mol. The van der Waals surface area contributed by atoms with Gasteiger partial charge in [-0.3, -0.25) is 0 Å². The molecule has 0 bridgehead atoms. The molecule has 1 fully saturated rings. The van der Waals surface area contributed by atoms with Crippen LogP contribution in [0.15, 0.2) is 0 Å². The van der Waals surface area contributed by atoms with E-state index in [4.69, 9.17) is 4.74 Å². The molecule has 0 aromatic heterocycles. The van der Waals surface area contributed by atoms with E-state index in [2.05, 4.69) is 33.0 Å². The fourth-order valence-corrected chi connectivity index (χ4v) is 1.92. The Balaban J connectivity index is 2.43. The van der Waals surface area contributed by atoms with Gasteiger partial charge in [-0.1, -0.05) is 20.8 Å². The van der Waals surface area contributed by atoms with E-state index in [1.165, 1.54) is 12.8 Å². The zero-order valence-corrected chi connectivity index (χ0v) is 11.0. The minimum atomic E-state index is 0.359. The topological polar surface area (TPSA) is 21.3 Å². The number of rotatable bonds is 7. The summed E-state index contributed by atoms with van der Waals surface area (Å²) in [7, 11) is 1.81. The van der Waals surface area contributed by atoms with E-state index in [-0.39, 0.29) is 0 Å². The van der Waals surface area contributed by atoms with E-state index in [1.54, 1.807) is 7.11 Å². The van der Waals surface area contributed by atoms with Crippen molar-refractivity contribution in [1.82, 2.24) is 5.32 Å². The van der Waals surface area contributed by atoms with E-state index in [1.807, 2.05) is 0 Å². The molecule has 2 heteroatoms. The van der Waals surface area contributed by atoms with Crippen molar-refractivity contribution >= 4 is 0 Å². The first-order valence-electron chi connectivity index (χ1n) is 6.24. The van der Waals surface area contributed by atoms with Crippen LogP contribution in [0.2, 0.25) is 0 Å². The van der Waals surface area contributed by atoms with Crippen LogP contribution in [0.25, 0.3) is 0 Å². The highest BCUT2D eigenvalue weighted by Crippen LogP contribution is 2.33. The van der Waals surface area contributed by atoms with Gasteiger partial charge in [-0.25, -0.2) is 0 Å². The van der Waals surface area contributed by atoms with Gasteiger partial charge in [-0.2, -0.15) is 0 Å². The van der Waals surface area contributed by atoms with Gasteiger partial charge in [0.2, 0.25) is 0 Å². The molecule has 2 unspecified atom stereocenters. The SMILES string of the molecule is COC(C)CC(C)(CNC1CC1)C(C)C. The molecule has 90 valence electrons. The van der Waals surface area contributed by atoms with Gasteiger partial charge in [-0.05, 0) is 37.5 Å². The van der Waals surface area contributed by atoms with Crippen LogP contribution in [0.4, 0.5) is 0 Å². The van der Waals surface area contributed by atoms with Crippen LogP contribution >= 0.6 is 0 Å². The van der Waals surface area contributed by atoms with Gasteiger partial charge < -0.3 is 10.1 Å². The Labute approximate surface area is 94.8 Å². The highest BCUT2D eigenvalue weighted by Gasteiger charge is 2.32. The smallest absolute Gasteiger partial charge is 0.0549 e. The maximum atomic E-state index is 5.39. The summed E-state index contributed by atoms with van der Waals surface area (Å²) < 4.78 is 5.39. The maximum absolute atomic E-state index is 5.39. The van der Waals surface area contributed by atoms with E-state index in [9.17, 15) is 0 Å². The number of hydrogen-bond donors (Lipinski definition) is 1. The third-order valence-electron chi connectivity index (χ3n) is 3.92. The molecule has 1 N–H and O–H groups in total. The minimum absolute atomic E-state index is 0.359. The molecule has 0 aliphatic heterocycles. The Kier molecular flexibility index (Phi) is 4.60. The second-order valence-electron chi connectivity index (χ2n) is 5.71. The van der Waals surface area contributed by atoms with E-state index < -0.39 is 0 Å². The van der Waals surface area contributed by atoms with Gasteiger partial charge >= 0.3 is 0 Å². The van der Waals surface area contributed by atoms with Crippen LogP contribution in [0.1, 0.15) is 47.0 Å². The lowest BCUT2D eigenvalue weighted by atomic mass is 9.75. The summed E-state index contributed by atoms with van der Waals surface area (Å²) in [5, 5.41) is 3.65. The number of nitrogens with one attached hydrogen (secondary N) is 1. The molecule has 0 aromatic rings. The van der Waals surface area contributed by atoms with Crippen molar-refractivity contribution in [3.8, 4) is 0 Å². The summed E-state index contributed by atoms with van der Waals surface area (Å²) in [5.41, 5.74) is 0.359. The Bertz CT molecular complexity index is 189. The Morgan fingerprint density at radius 1 is 1.33 bits per heavy atom. The van der Waals surface area contributed by atoms with Crippen LogP contribution in [0.3, 0.4) is 0 Å². The Morgan fingerprint density at radius 2 is 1.93 bits per heavy atom. The lowest BCUT2D eigenvalue weighted by molar-refractivity contribution is 0.0502. The molecule has 0 heterocycles. The van der Waals surface area contributed by atoms with Crippen LogP contribution in [0.5, 0.6) is 0 Å².